The molecule has 1 atom stereocenters. The maximum absolute atomic E-state index is 6.02. The molecule has 1 aromatic carbocycles. The zero-order valence-electron chi connectivity index (χ0n) is 9.58. The second-order valence-corrected chi connectivity index (χ2v) is 4.75. The molecule has 1 nitrogen and oxygen atoms in total. The third-order valence-electron chi connectivity index (χ3n) is 3.53. The number of hydrogen-bond donors (Lipinski definition) is 1. The van der Waals surface area contributed by atoms with Crippen molar-refractivity contribution in [2.45, 2.75) is 51.0 Å². The number of benzene rings is 1. The number of hydrogen-bond acceptors (Lipinski definition) is 1. The Morgan fingerprint density at radius 3 is 2.47 bits per heavy atom. The lowest BCUT2D eigenvalue weighted by atomic mass is 9.81. The van der Waals surface area contributed by atoms with E-state index in [1.54, 1.807) is 0 Å². The van der Waals surface area contributed by atoms with Gasteiger partial charge in [0.05, 0.1) is 0 Å². The summed E-state index contributed by atoms with van der Waals surface area (Å²) in [6.07, 6.45) is 6.89. The van der Waals surface area contributed by atoms with Crippen molar-refractivity contribution in [2.75, 3.05) is 0 Å². The first kappa shape index (κ1) is 10.7. The lowest BCUT2D eigenvalue weighted by Crippen LogP contribution is -2.12. The van der Waals surface area contributed by atoms with Gasteiger partial charge in [-0.05, 0) is 36.8 Å². The highest BCUT2D eigenvalue weighted by Crippen LogP contribution is 2.35. The van der Waals surface area contributed by atoms with Crippen molar-refractivity contribution in [3.8, 4) is 0 Å². The molecule has 1 aromatic rings. The summed E-state index contributed by atoms with van der Waals surface area (Å²) >= 11 is 0. The number of nitrogens with two attached hydrogens (primary N) is 1. The Labute approximate surface area is 92.7 Å². The molecule has 2 rings (SSSR count). The van der Waals surface area contributed by atoms with Crippen molar-refractivity contribution in [2.24, 2.45) is 5.73 Å². The smallest absolute Gasteiger partial charge is 0.0268 e. The van der Waals surface area contributed by atoms with E-state index in [4.69, 9.17) is 5.73 Å². The third kappa shape index (κ3) is 2.40. The van der Waals surface area contributed by atoms with Crippen LogP contribution < -0.4 is 5.73 Å². The van der Waals surface area contributed by atoms with Gasteiger partial charge in [-0.3, -0.25) is 0 Å². The Balaban J connectivity index is 2.25. The highest BCUT2D eigenvalue weighted by atomic mass is 14.6. The first-order valence-electron chi connectivity index (χ1n) is 6.13. The molecule has 1 aliphatic rings. The molecule has 15 heavy (non-hydrogen) atoms. The summed E-state index contributed by atoms with van der Waals surface area (Å²) in [4.78, 5) is 0. The molecule has 1 fully saturated rings. The second kappa shape index (κ2) is 4.80. The number of rotatable bonds is 2. The van der Waals surface area contributed by atoms with Gasteiger partial charge in [0.15, 0.2) is 0 Å². The van der Waals surface area contributed by atoms with Crippen LogP contribution in [0.5, 0.6) is 0 Å². The average molecular weight is 203 g/mol. The van der Waals surface area contributed by atoms with E-state index in [1.165, 1.54) is 43.2 Å². The minimum Gasteiger partial charge on any atom is -0.324 e. The molecule has 0 heterocycles. The van der Waals surface area contributed by atoms with E-state index in [0.717, 1.165) is 5.92 Å². The van der Waals surface area contributed by atoms with Crippen LogP contribution in [0.25, 0.3) is 0 Å². The van der Waals surface area contributed by atoms with Crippen molar-refractivity contribution < 1.29 is 0 Å². The molecule has 0 aromatic heterocycles. The molecule has 0 spiro atoms. The average Bonchev–Trinajstić information content (AvgIpc) is 2.30. The first-order valence-corrected chi connectivity index (χ1v) is 6.13. The van der Waals surface area contributed by atoms with Crippen LogP contribution in [0, 0.1) is 0 Å². The molecule has 0 radical (unpaired) electrons. The van der Waals surface area contributed by atoms with E-state index in [0.29, 0.717) is 0 Å². The molecule has 1 unspecified atom stereocenters. The van der Waals surface area contributed by atoms with E-state index in [1.807, 2.05) is 0 Å². The van der Waals surface area contributed by atoms with Crippen LogP contribution in [0.4, 0.5) is 0 Å². The maximum Gasteiger partial charge on any atom is 0.0268 e. The third-order valence-corrected chi connectivity index (χ3v) is 3.53. The van der Waals surface area contributed by atoms with Gasteiger partial charge >= 0.3 is 0 Å². The summed E-state index contributed by atoms with van der Waals surface area (Å²) < 4.78 is 0. The molecular formula is C14H21N. The predicted molar refractivity (Wildman–Crippen MR) is 64.9 cm³/mol. The SMILES string of the molecule is CC(N)c1ccccc1C1CCCCC1. The topological polar surface area (TPSA) is 26.0 Å². The van der Waals surface area contributed by atoms with Crippen LogP contribution in [-0.4, -0.2) is 0 Å². The largest absolute Gasteiger partial charge is 0.324 e. The fraction of sp³-hybridized carbons (Fsp3) is 0.571. The Kier molecular flexibility index (Phi) is 3.42. The van der Waals surface area contributed by atoms with E-state index >= 15 is 0 Å². The lowest BCUT2D eigenvalue weighted by molar-refractivity contribution is 0.440. The Hall–Kier alpha value is -0.820. The van der Waals surface area contributed by atoms with Gasteiger partial charge < -0.3 is 5.73 Å². The van der Waals surface area contributed by atoms with Gasteiger partial charge in [-0.15, -0.1) is 0 Å². The summed E-state index contributed by atoms with van der Waals surface area (Å²) in [5, 5.41) is 0. The molecule has 0 saturated heterocycles. The molecular weight excluding hydrogens is 182 g/mol. The quantitative estimate of drug-likeness (QED) is 0.778. The van der Waals surface area contributed by atoms with Crippen molar-refractivity contribution in [1.82, 2.24) is 0 Å². The van der Waals surface area contributed by atoms with Crippen LogP contribution in [0.2, 0.25) is 0 Å². The van der Waals surface area contributed by atoms with Crippen molar-refractivity contribution in [3.05, 3.63) is 35.4 Å². The second-order valence-electron chi connectivity index (χ2n) is 4.75. The van der Waals surface area contributed by atoms with Gasteiger partial charge in [-0.1, -0.05) is 43.5 Å². The van der Waals surface area contributed by atoms with Crippen LogP contribution in [0.1, 0.15) is 62.1 Å². The summed E-state index contributed by atoms with van der Waals surface area (Å²) in [5.41, 5.74) is 8.88. The monoisotopic (exact) mass is 203 g/mol. The maximum atomic E-state index is 6.02. The molecule has 0 aliphatic heterocycles. The van der Waals surface area contributed by atoms with Crippen molar-refractivity contribution in [1.29, 1.82) is 0 Å². The van der Waals surface area contributed by atoms with Gasteiger partial charge in [0, 0.05) is 6.04 Å². The minimum atomic E-state index is 0.170. The van der Waals surface area contributed by atoms with Crippen LogP contribution in [0.15, 0.2) is 24.3 Å². The van der Waals surface area contributed by atoms with E-state index in [-0.39, 0.29) is 6.04 Å². The summed E-state index contributed by atoms with van der Waals surface area (Å²) in [7, 11) is 0. The Morgan fingerprint density at radius 1 is 1.13 bits per heavy atom. The highest BCUT2D eigenvalue weighted by molar-refractivity contribution is 5.32. The minimum absolute atomic E-state index is 0.170. The lowest BCUT2D eigenvalue weighted by Gasteiger charge is -2.25. The van der Waals surface area contributed by atoms with Crippen LogP contribution in [0.3, 0.4) is 0 Å². The Bertz CT molecular complexity index is 311. The molecule has 0 amide bonds. The molecule has 0 bridgehead atoms. The van der Waals surface area contributed by atoms with Crippen molar-refractivity contribution >= 4 is 0 Å². The molecule has 2 N–H and O–H groups in total. The zero-order chi connectivity index (χ0) is 10.7. The summed E-state index contributed by atoms with van der Waals surface area (Å²) in [5.74, 6) is 0.765. The van der Waals surface area contributed by atoms with E-state index < -0.39 is 0 Å². The normalized spacial score (nSPS) is 20.1. The Morgan fingerprint density at radius 2 is 1.80 bits per heavy atom. The first-order chi connectivity index (χ1) is 7.29. The van der Waals surface area contributed by atoms with E-state index in [2.05, 4.69) is 31.2 Å². The highest BCUT2D eigenvalue weighted by Gasteiger charge is 2.18. The van der Waals surface area contributed by atoms with Crippen LogP contribution in [-0.2, 0) is 0 Å². The fourth-order valence-corrected chi connectivity index (χ4v) is 2.71. The standard InChI is InChI=1S/C14H21N/c1-11(15)13-9-5-6-10-14(13)12-7-3-2-4-8-12/h5-6,9-12H,2-4,7-8,15H2,1H3. The molecule has 82 valence electrons. The van der Waals surface area contributed by atoms with Crippen LogP contribution >= 0.6 is 0 Å². The zero-order valence-corrected chi connectivity index (χ0v) is 9.58. The van der Waals surface area contributed by atoms with Gasteiger partial charge in [-0.25, -0.2) is 0 Å². The van der Waals surface area contributed by atoms with Gasteiger partial charge in [-0.2, -0.15) is 0 Å². The predicted octanol–water partition coefficient (Wildman–Crippen LogP) is 3.75. The molecule has 1 aliphatic carbocycles. The summed E-state index contributed by atoms with van der Waals surface area (Å²) in [6, 6.07) is 8.88. The van der Waals surface area contributed by atoms with Gasteiger partial charge in [0.25, 0.3) is 0 Å². The van der Waals surface area contributed by atoms with Gasteiger partial charge in [0.1, 0.15) is 0 Å². The van der Waals surface area contributed by atoms with Crippen molar-refractivity contribution in [3.63, 3.8) is 0 Å². The fourth-order valence-electron chi connectivity index (χ4n) is 2.71. The van der Waals surface area contributed by atoms with E-state index in [9.17, 15) is 0 Å². The summed E-state index contributed by atoms with van der Waals surface area (Å²) in [6.45, 7) is 2.08. The molecule has 1 heteroatoms. The van der Waals surface area contributed by atoms with Gasteiger partial charge in [0.2, 0.25) is 0 Å². The molecule has 1 saturated carbocycles.